The van der Waals surface area contributed by atoms with Crippen molar-refractivity contribution in [1.82, 2.24) is 9.97 Å². The van der Waals surface area contributed by atoms with Gasteiger partial charge in [0.15, 0.2) is 0 Å². The lowest BCUT2D eigenvalue weighted by Gasteiger charge is -2.24. The molecule has 2 heterocycles. The molecule has 2 aromatic rings. The van der Waals surface area contributed by atoms with Crippen LogP contribution in [0.1, 0.15) is 17.5 Å². The van der Waals surface area contributed by atoms with Crippen LogP contribution in [0.15, 0.2) is 42.2 Å². The zero-order chi connectivity index (χ0) is 13.7. The number of anilines is 1. The van der Waals surface area contributed by atoms with E-state index < -0.39 is 6.10 Å². The molecule has 4 nitrogen and oxygen atoms in total. The normalized spacial score (nSPS) is 21.6. The summed E-state index contributed by atoms with van der Waals surface area (Å²) in [5.74, 6) is 0.734. The highest BCUT2D eigenvalue weighted by atomic mass is 19.1. The standard InChI is InChI=1S/C15H14FN3O/c16-11-1-2-12(14(20)15-17-3-4-18-15)13(6-11)19-7-9-5-10(9)8-19/h1-6,9,14,20H,7-8H2,(H,17,18). The minimum Gasteiger partial charge on any atom is -0.380 e. The third-order valence-corrected chi connectivity index (χ3v) is 3.98. The van der Waals surface area contributed by atoms with Gasteiger partial charge >= 0.3 is 0 Å². The minimum absolute atomic E-state index is 0.287. The molecule has 102 valence electrons. The summed E-state index contributed by atoms with van der Waals surface area (Å²) in [5.41, 5.74) is 2.85. The number of aliphatic hydroxyl groups excluding tert-OH is 1. The van der Waals surface area contributed by atoms with Crippen LogP contribution in [0.5, 0.6) is 0 Å². The molecule has 0 amide bonds. The number of imidazole rings is 1. The monoisotopic (exact) mass is 271 g/mol. The van der Waals surface area contributed by atoms with Crippen molar-refractivity contribution in [3.63, 3.8) is 0 Å². The highest BCUT2D eigenvalue weighted by Crippen LogP contribution is 2.41. The largest absolute Gasteiger partial charge is 0.380 e. The lowest BCUT2D eigenvalue weighted by molar-refractivity contribution is 0.211. The van der Waals surface area contributed by atoms with Gasteiger partial charge in [0.05, 0.1) is 0 Å². The van der Waals surface area contributed by atoms with E-state index >= 15 is 0 Å². The molecule has 2 unspecified atom stereocenters. The van der Waals surface area contributed by atoms with E-state index in [1.807, 2.05) is 0 Å². The fourth-order valence-corrected chi connectivity index (χ4v) is 2.85. The molecule has 2 atom stereocenters. The van der Waals surface area contributed by atoms with Crippen molar-refractivity contribution in [2.24, 2.45) is 5.92 Å². The molecule has 2 N–H and O–H groups in total. The van der Waals surface area contributed by atoms with E-state index in [1.165, 1.54) is 17.7 Å². The predicted octanol–water partition coefficient (Wildman–Crippen LogP) is 2.01. The average molecular weight is 271 g/mol. The molecule has 1 fully saturated rings. The lowest BCUT2D eigenvalue weighted by atomic mass is 10.1. The highest BCUT2D eigenvalue weighted by Gasteiger charge is 2.36. The van der Waals surface area contributed by atoms with Crippen LogP contribution in [0.25, 0.3) is 0 Å². The number of aromatic amines is 1. The third kappa shape index (κ3) is 1.82. The number of fused-ring (bicyclic) bond motifs is 1. The first-order valence-electron chi connectivity index (χ1n) is 6.64. The van der Waals surface area contributed by atoms with Crippen molar-refractivity contribution >= 4 is 5.69 Å². The number of nitrogens with zero attached hydrogens (tertiary/aromatic N) is 2. The molecular weight excluding hydrogens is 257 g/mol. The van der Waals surface area contributed by atoms with Gasteiger partial charge in [0.1, 0.15) is 17.7 Å². The molecule has 1 aliphatic heterocycles. The minimum atomic E-state index is -0.869. The molecule has 2 aliphatic rings. The summed E-state index contributed by atoms with van der Waals surface area (Å²) in [7, 11) is 0. The van der Waals surface area contributed by atoms with Crippen LogP contribution in [0.2, 0.25) is 0 Å². The first-order valence-corrected chi connectivity index (χ1v) is 6.64. The molecule has 1 aromatic heterocycles. The van der Waals surface area contributed by atoms with Crippen molar-refractivity contribution in [3.8, 4) is 0 Å². The third-order valence-electron chi connectivity index (χ3n) is 3.98. The van der Waals surface area contributed by atoms with Crippen LogP contribution in [0, 0.1) is 11.7 Å². The number of hydrogen-bond donors (Lipinski definition) is 2. The van der Waals surface area contributed by atoms with Crippen molar-refractivity contribution in [1.29, 1.82) is 0 Å². The van der Waals surface area contributed by atoms with Crippen molar-refractivity contribution in [3.05, 3.63) is 59.4 Å². The first-order chi connectivity index (χ1) is 9.72. The van der Waals surface area contributed by atoms with E-state index in [0.29, 0.717) is 17.3 Å². The molecule has 0 saturated carbocycles. The Labute approximate surface area is 115 Å². The smallest absolute Gasteiger partial charge is 0.139 e. The molecular formula is C15H14FN3O. The van der Waals surface area contributed by atoms with E-state index in [-0.39, 0.29) is 5.82 Å². The van der Waals surface area contributed by atoms with Gasteiger partial charge in [-0.2, -0.15) is 0 Å². The van der Waals surface area contributed by atoms with E-state index in [0.717, 1.165) is 18.8 Å². The fourth-order valence-electron chi connectivity index (χ4n) is 2.85. The van der Waals surface area contributed by atoms with Gasteiger partial charge in [-0.3, -0.25) is 0 Å². The van der Waals surface area contributed by atoms with Gasteiger partial charge in [0, 0.05) is 42.7 Å². The molecule has 1 saturated heterocycles. The Morgan fingerprint density at radius 1 is 1.45 bits per heavy atom. The Bertz CT molecular complexity index is 680. The van der Waals surface area contributed by atoms with Gasteiger partial charge in [-0.05, 0) is 17.7 Å². The maximum absolute atomic E-state index is 13.6. The van der Waals surface area contributed by atoms with E-state index in [2.05, 4.69) is 20.9 Å². The summed E-state index contributed by atoms with van der Waals surface area (Å²) < 4.78 is 13.6. The second-order valence-electron chi connectivity index (χ2n) is 5.31. The summed E-state index contributed by atoms with van der Waals surface area (Å²) in [6.45, 7) is 1.70. The second kappa shape index (κ2) is 4.18. The van der Waals surface area contributed by atoms with E-state index in [9.17, 15) is 9.50 Å². The summed E-state index contributed by atoms with van der Waals surface area (Å²) in [5, 5.41) is 10.4. The van der Waals surface area contributed by atoms with Crippen molar-refractivity contribution in [2.75, 3.05) is 18.0 Å². The molecule has 0 bridgehead atoms. The van der Waals surface area contributed by atoms with Gasteiger partial charge in [-0.25, -0.2) is 9.37 Å². The van der Waals surface area contributed by atoms with Crippen LogP contribution in [0.4, 0.5) is 10.1 Å². The number of benzene rings is 1. The number of hydrogen-bond acceptors (Lipinski definition) is 3. The average Bonchev–Trinajstić information content (AvgIpc) is 2.90. The Morgan fingerprint density at radius 2 is 2.35 bits per heavy atom. The SMILES string of the molecule is OC(c1ncc[nH]1)c1ccc(F)cc1N1CC2=CC2C1. The highest BCUT2D eigenvalue weighted by molar-refractivity contribution is 5.61. The number of halogens is 1. The maximum atomic E-state index is 13.6. The van der Waals surface area contributed by atoms with Crippen LogP contribution in [0.3, 0.4) is 0 Å². The molecule has 4 rings (SSSR count). The number of aromatic nitrogens is 2. The Hall–Kier alpha value is -2.14. The summed E-state index contributed by atoms with van der Waals surface area (Å²) in [6.07, 6.45) is 4.62. The van der Waals surface area contributed by atoms with Crippen molar-refractivity contribution < 1.29 is 9.50 Å². The number of aliphatic hydroxyl groups is 1. The maximum Gasteiger partial charge on any atom is 0.139 e. The van der Waals surface area contributed by atoms with Crippen LogP contribution < -0.4 is 4.90 Å². The number of nitrogens with one attached hydrogen (secondary N) is 1. The Kier molecular flexibility index (Phi) is 2.44. The van der Waals surface area contributed by atoms with Gasteiger partial charge in [-0.1, -0.05) is 12.1 Å². The predicted molar refractivity (Wildman–Crippen MR) is 72.8 cm³/mol. The molecule has 5 heteroatoms. The Morgan fingerprint density at radius 3 is 3.05 bits per heavy atom. The van der Waals surface area contributed by atoms with Gasteiger partial charge < -0.3 is 15.0 Å². The zero-order valence-electron chi connectivity index (χ0n) is 10.8. The van der Waals surface area contributed by atoms with Crippen LogP contribution >= 0.6 is 0 Å². The number of rotatable bonds is 3. The molecule has 20 heavy (non-hydrogen) atoms. The number of H-pyrrole nitrogens is 1. The zero-order valence-corrected chi connectivity index (χ0v) is 10.8. The van der Waals surface area contributed by atoms with Gasteiger partial charge in [-0.15, -0.1) is 0 Å². The Balaban J connectivity index is 1.73. The topological polar surface area (TPSA) is 52.2 Å². The molecule has 0 spiro atoms. The van der Waals surface area contributed by atoms with Gasteiger partial charge in [0.2, 0.25) is 0 Å². The fraction of sp³-hybridized carbons (Fsp3) is 0.267. The molecule has 1 aliphatic carbocycles. The lowest BCUT2D eigenvalue weighted by Crippen LogP contribution is -2.23. The van der Waals surface area contributed by atoms with Crippen molar-refractivity contribution in [2.45, 2.75) is 6.10 Å². The molecule has 0 radical (unpaired) electrons. The van der Waals surface area contributed by atoms with Crippen LogP contribution in [-0.4, -0.2) is 28.2 Å². The second-order valence-corrected chi connectivity index (χ2v) is 5.31. The van der Waals surface area contributed by atoms with E-state index in [1.54, 1.807) is 18.5 Å². The van der Waals surface area contributed by atoms with Gasteiger partial charge in [0.25, 0.3) is 0 Å². The van der Waals surface area contributed by atoms with E-state index in [4.69, 9.17) is 0 Å². The van der Waals surface area contributed by atoms with Crippen LogP contribution in [-0.2, 0) is 0 Å². The summed E-state index contributed by atoms with van der Waals surface area (Å²) >= 11 is 0. The summed E-state index contributed by atoms with van der Waals surface area (Å²) in [4.78, 5) is 9.09. The first kappa shape index (κ1) is 11.7. The quantitative estimate of drug-likeness (QED) is 0.840. The molecule has 1 aromatic carbocycles. The summed E-state index contributed by atoms with van der Waals surface area (Å²) in [6, 6.07) is 4.50.